The van der Waals surface area contributed by atoms with Crippen molar-refractivity contribution >= 4 is 46.6 Å². The molecule has 26 heavy (non-hydrogen) atoms. The van der Waals surface area contributed by atoms with Crippen LogP contribution >= 0.6 is 35.0 Å². The number of carbonyl (C=O) groups excluding carboxylic acids is 1. The van der Waals surface area contributed by atoms with Crippen molar-refractivity contribution in [3.63, 3.8) is 0 Å². The minimum Gasteiger partial charge on any atom is -0.334 e. The molecule has 0 saturated heterocycles. The molecule has 0 bridgehead atoms. The SMILES string of the molecule is Cc1cc(C)n(-c2nnc(SCC(=O)Nc3c(Cl)cccc3Cl)n2N)n1. The third kappa shape index (κ3) is 3.79. The van der Waals surface area contributed by atoms with Gasteiger partial charge in [-0.05, 0) is 32.0 Å². The van der Waals surface area contributed by atoms with Gasteiger partial charge in [0.2, 0.25) is 11.1 Å². The Labute approximate surface area is 163 Å². The number of anilines is 1. The van der Waals surface area contributed by atoms with E-state index in [1.807, 2.05) is 19.9 Å². The van der Waals surface area contributed by atoms with Crippen molar-refractivity contribution in [2.45, 2.75) is 19.0 Å². The van der Waals surface area contributed by atoms with Crippen LogP contribution in [0.15, 0.2) is 29.4 Å². The van der Waals surface area contributed by atoms with Crippen LogP contribution in [0.25, 0.3) is 5.95 Å². The summed E-state index contributed by atoms with van der Waals surface area (Å²) >= 11 is 13.2. The zero-order valence-electron chi connectivity index (χ0n) is 13.9. The highest BCUT2D eigenvalue weighted by atomic mass is 35.5. The number of nitrogens with two attached hydrogens (primary N) is 1. The number of aromatic nitrogens is 5. The molecule has 8 nitrogen and oxygen atoms in total. The monoisotopic (exact) mass is 411 g/mol. The van der Waals surface area contributed by atoms with Crippen molar-refractivity contribution in [2.75, 3.05) is 16.9 Å². The first kappa shape index (κ1) is 18.6. The van der Waals surface area contributed by atoms with Crippen LogP contribution < -0.4 is 11.2 Å². The summed E-state index contributed by atoms with van der Waals surface area (Å²) in [7, 11) is 0. The van der Waals surface area contributed by atoms with Crippen LogP contribution in [0, 0.1) is 13.8 Å². The van der Waals surface area contributed by atoms with E-state index in [1.165, 1.54) is 4.68 Å². The third-order valence-electron chi connectivity index (χ3n) is 3.41. The average molecular weight is 412 g/mol. The highest BCUT2D eigenvalue weighted by molar-refractivity contribution is 7.99. The summed E-state index contributed by atoms with van der Waals surface area (Å²) < 4.78 is 2.88. The molecule has 0 aliphatic heterocycles. The number of halogens is 2. The summed E-state index contributed by atoms with van der Waals surface area (Å²) in [6.07, 6.45) is 0. The van der Waals surface area contributed by atoms with Crippen LogP contribution in [0.4, 0.5) is 5.69 Å². The molecule has 136 valence electrons. The average Bonchev–Trinajstić information content (AvgIpc) is 3.10. The number of nitrogen functional groups attached to an aromatic ring is 1. The fourth-order valence-electron chi connectivity index (χ4n) is 2.27. The number of para-hydroxylation sites is 1. The van der Waals surface area contributed by atoms with Crippen molar-refractivity contribution in [1.29, 1.82) is 0 Å². The Morgan fingerprint density at radius 2 is 1.96 bits per heavy atom. The van der Waals surface area contributed by atoms with Gasteiger partial charge in [0.25, 0.3) is 5.95 Å². The van der Waals surface area contributed by atoms with E-state index in [0.717, 1.165) is 23.1 Å². The molecule has 1 amide bonds. The lowest BCUT2D eigenvalue weighted by Gasteiger charge is -2.09. The van der Waals surface area contributed by atoms with Gasteiger partial charge in [0, 0.05) is 5.69 Å². The molecule has 11 heteroatoms. The Hall–Kier alpha value is -2.23. The quantitative estimate of drug-likeness (QED) is 0.494. The Balaban J connectivity index is 1.69. The molecule has 2 heterocycles. The van der Waals surface area contributed by atoms with Crippen molar-refractivity contribution in [2.24, 2.45) is 0 Å². The minimum absolute atomic E-state index is 0.0635. The molecule has 1 aromatic carbocycles. The van der Waals surface area contributed by atoms with Crippen LogP contribution in [0.1, 0.15) is 11.4 Å². The molecule has 0 aliphatic rings. The van der Waals surface area contributed by atoms with Gasteiger partial charge >= 0.3 is 0 Å². The number of aryl methyl sites for hydroxylation is 2. The topological polar surface area (TPSA) is 104 Å². The molecule has 0 fully saturated rings. The van der Waals surface area contributed by atoms with Gasteiger partial charge in [0.15, 0.2) is 0 Å². The zero-order chi connectivity index (χ0) is 18.8. The van der Waals surface area contributed by atoms with Gasteiger partial charge in [-0.2, -0.15) is 5.10 Å². The molecule has 3 N–H and O–H groups in total. The molecule has 0 radical (unpaired) electrons. The lowest BCUT2D eigenvalue weighted by atomic mass is 10.3. The number of rotatable bonds is 5. The molecule has 0 spiro atoms. The number of hydrogen-bond acceptors (Lipinski definition) is 6. The summed E-state index contributed by atoms with van der Waals surface area (Å²) in [5.41, 5.74) is 2.10. The molecule has 2 aromatic heterocycles. The predicted octanol–water partition coefficient (Wildman–Crippen LogP) is 2.83. The molecule has 3 rings (SSSR count). The highest BCUT2D eigenvalue weighted by Gasteiger charge is 2.17. The maximum atomic E-state index is 12.2. The second-order valence-corrected chi connectivity index (χ2v) is 7.18. The lowest BCUT2D eigenvalue weighted by Crippen LogP contribution is -2.19. The zero-order valence-corrected chi connectivity index (χ0v) is 16.2. The van der Waals surface area contributed by atoms with E-state index in [0.29, 0.717) is 26.8 Å². The van der Waals surface area contributed by atoms with Gasteiger partial charge in [0.1, 0.15) is 0 Å². The summed E-state index contributed by atoms with van der Waals surface area (Å²) in [4.78, 5) is 12.2. The summed E-state index contributed by atoms with van der Waals surface area (Å²) in [6, 6.07) is 6.90. The molecule has 3 aromatic rings. The Bertz CT molecular complexity index is 949. The molecule has 0 atom stereocenters. The van der Waals surface area contributed by atoms with E-state index in [1.54, 1.807) is 22.9 Å². The number of amides is 1. The second-order valence-electron chi connectivity index (χ2n) is 5.42. The normalized spacial score (nSPS) is 10.9. The van der Waals surface area contributed by atoms with E-state index >= 15 is 0 Å². The third-order valence-corrected chi connectivity index (χ3v) is 4.98. The van der Waals surface area contributed by atoms with Gasteiger partial charge in [0.05, 0.1) is 27.2 Å². The van der Waals surface area contributed by atoms with Gasteiger partial charge in [-0.1, -0.05) is 41.0 Å². The van der Waals surface area contributed by atoms with Crippen LogP contribution in [0.3, 0.4) is 0 Å². The first-order valence-electron chi connectivity index (χ1n) is 7.47. The Kier molecular flexibility index (Phi) is 5.40. The maximum absolute atomic E-state index is 12.2. The van der Waals surface area contributed by atoms with Crippen molar-refractivity contribution in [3.8, 4) is 5.95 Å². The number of thioether (sulfide) groups is 1. The fraction of sp³-hybridized carbons (Fsp3) is 0.200. The highest BCUT2D eigenvalue weighted by Crippen LogP contribution is 2.30. The number of benzene rings is 1. The largest absolute Gasteiger partial charge is 0.334 e. The van der Waals surface area contributed by atoms with Crippen molar-refractivity contribution in [3.05, 3.63) is 45.7 Å². The number of carbonyl (C=O) groups is 1. The molecular weight excluding hydrogens is 397 g/mol. The number of hydrogen-bond donors (Lipinski definition) is 2. The number of nitrogens with one attached hydrogen (secondary N) is 1. The van der Waals surface area contributed by atoms with Gasteiger partial charge in [-0.25, -0.2) is 9.36 Å². The van der Waals surface area contributed by atoms with Crippen molar-refractivity contribution in [1.82, 2.24) is 24.7 Å². The van der Waals surface area contributed by atoms with E-state index in [4.69, 9.17) is 29.0 Å². The Morgan fingerprint density at radius 3 is 2.58 bits per heavy atom. The van der Waals surface area contributed by atoms with Gasteiger partial charge in [-0.15, -0.1) is 10.2 Å². The van der Waals surface area contributed by atoms with Crippen LogP contribution in [0.5, 0.6) is 0 Å². The first-order valence-corrected chi connectivity index (χ1v) is 9.21. The van der Waals surface area contributed by atoms with E-state index in [9.17, 15) is 4.79 Å². The standard InChI is InChI=1S/C15H15Cl2N7OS/c1-8-6-9(2)24(22-8)14-20-21-15(23(14)18)26-7-12(25)19-13-10(16)4-3-5-11(13)17/h3-6H,7,18H2,1-2H3,(H,19,25). The summed E-state index contributed by atoms with van der Waals surface area (Å²) in [5, 5.41) is 16.2. The second kappa shape index (κ2) is 7.56. The van der Waals surface area contributed by atoms with Crippen LogP contribution in [0.2, 0.25) is 10.0 Å². The van der Waals surface area contributed by atoms with E-state index in [-0.39, 0.29) is 11.7 Å². The summed E-state index contributed by atoms with van der Waals surface area (Å²) in [5.74, 6) is 6.18. The minimum atomic E-state index is -0.291. The van der Waals surface area contributed by atoms with E-state index < -0.39 is 0 Å². The van der Waals surface area contributed by atoms with Crippen LogP contribution in [-0.4, -0.2) is 36.3 Å². The predicted molar refractivity (Wildman–Crippen MR) is 103 cm³/mol. The maximum Gasteiger partial charge on any atom is 0.271 e. The molecule has 0 unspecified atom stereocenters. The molecule has 0 saturated carbocycles. The molecular formula is C15H15Cl2N7OS. The van der Waals surface area contributed by atoms with E-state index in [2.05, 4.69) is 20.6 Å². The lowest BCUT2D eigenvalue weighted by molar-refractivity contribution is -0.113. The number of nitrogens with zero attached hydrogens (tertiary/aromatic N) is 5. The van der Waals surface area contributed by atoms with Crippen LogP contribution in [-0.2, 0) is 4.79 Å². The first-order chi connectivity index (χ1) is 12.4. The van der Waals surface area contributed by atoms with Gasteiger partial charge in [-0.3, -0.25) is 4.79 Å². The molecule has 0 aliphatic carbocycles. The van der Waals surface area contributed by atoms with Gasteiger partial charge < -0.3 is 11.2 Å². The Morgan fingerprint density at radius 1 is 1.27 bits per heavy atom. The van der Waals surface area contributed by atoms with Crippen molar-refractivity contribution < 1.29 is 4.79 Å². The smallest absolute Gasteiger partial charge is 0.271 e. The summed E-state index contributed by atoms with van der Waals surface area (Å²) in [6.45, 7) is 3.77. The fourth-order valence-corrected chi connectivity index (χ4v) is 3.41.